The summed E-state index contributed by atoms with van der Waals surface area (Å²) in [6.07, 6.45) is 2.13. The van der Waals surface area contributed by atoms with E-state index >= 15 is 0 Å². The number of aliphatic hydroxyl groups is 1. The number of hydrogen-bond acceptors (Lipinski definition) is 4. The van der Waals surface area contributed by atoms with Crippen molar-refractivity contribution in [3.63, 3.8) is 0 Å². The molecular formula is C17H25FN2O3. The highest BCUT2D eigenvalue weighted by atomic mass is 19.1. The van der Waals surface area contributed by atoms with Gasteiger partial charge in [0.2, 0.25) is 5.91 Å². The van der Waals surface area contributed by atoms with E-state index in [9.17, 15) is 14.3 Å². The third kappa shape index (κ3) is 5.48. The van der Waals surface area contributed by atoms with Crippen LogP contribution in [0, 0.1) is 5.82 Å². The molecule has 5 nitrogen and oxygen atoms in total. The summed E-state index contributed by atoms with van der Waals surface area (Å²) >= 11 is 0. The molecule has 2 atom stereocenters. The summed E-state index contributed by atoms with van der Waals surface area (Å²) in [7, 11) is 0. The number of carbonyl (C=O) groups is 1. The summed E-state index contributed by atoms with van der Waals surface area (Å²) < 4.78 is 18.1. The Labute approximate surface area is 136 Å². The van der Waals surface area contributed by atoms with Gasteiger partial charge in [-0.1, -0.05) is 6.92 Å². The van der Waals surface area contributed by atoms with Gasteiger partial charge in [-0.2, -0.15) is 0 Å². The maximum Gasteiger partial charge on any atom is 0.237 e. The van der Waals surface area contributed by atoms with Crippen LogP contribution in [0.3, 0.4) is 0 Å². The number of amides is 1. The Balaban J connectivity index is 1.70. The molecule has 1 aliphatic heterocycles. The first-order chi connectivity index (χ1) is 11.1. The molecule has 0 aliphatic carbocycles. The van der Waals surface area contributed by atoms with Gasteiger partial charge in [0.15, 0.2) is 0 Å². The molecule has 2 rings (SSSR count). The molecule has 1 aliphatic rings. The molecule has 128 valence electrons. The second-order valence-electron chi connectivity index (χ2n) is 5.86. The molecule has 0 saturated carbocycles. The van der Waals surface area contributed by atoms with Crippen molar-refractivity contribution < 1.29 is 19.0 Å². The van der Waals surface area contributed by atoms with E-state index in [0.717, 1.165) is 32.4 Å². The standard InChI is InChI=1S/C17H25FN2O3/c1-2-9-20-10-3-4-16(20)17(22)19-11-14(21)12-23-15-7-5-13(18)6-8-15/h5-8,14,16,21H,2-4,9-12H2,1H3,(H,19,22). The van der Waals surface area contributed by atoms with E-state index in [0.29, 0.717) is 5.75 Å². The second-order valence-corrected chi connectivity index (χ2v) is 5.86. The first kappa shape index (κ1) is 17.7. The van der Waals surface area contributed by atoms with E-state index < -0.39 is 6.10 Å². The van der Waals surface area contributed by atoms with Crippen LogP contribution < -0.4 is 10.1 Å². The molecule has 1 aromatic rings. The maximum atomic E-state index is 12.8. The van der Waals surface area contributed by atoms with Gasteiger partial charge in [-0.15, -0.1) is 0 Å². The summed E-state index contributed by atoms with van der Waals surface area (Å²) in [6, 6.07) is 5.52. The SMILES string of the molecule is CCCN1CCCC1C(=O)NCC(O)COc1ccc(F)cc1. The van der Waals surface area contributed by atoms with Crippen LogP contribution in [-0.2, 0) is 4.79 Å². The number of rotatable bonds is 8. The molecule has 1 saturated heterocycles. The molecule has 23 heavy (non-hydrogen) atoms. The zero-order chi connectivity index (χ0) is 16.7. The van der Waals surface area contributed by atoms with Crippen LogP contribution in [0.15, 0.2) is 24.3 Å². The molecule has 0 aromatic heterocycles. The summed E-state index contributed by atoms with van der Waals surface area (Å²) in [5.41, 5.74) is 0. The van der Waals surface area contributed by atoms with Crippen LogP contribution in [0.4, 0.5) is 4.39 Å². The fourth-order valence-electron chi connectivity index (χ4n) is 2.80. The molecule has 6 heteroatoms. The molecule has 2 unspecified atom stereocenters. The Morgan fingerprint density at radius 3 is 2.91 bits per heavy atom. The second kappa shape index (κ2) is 8.84. The average molecular weight is 324 g/mol. The first-order valence-corrected chi connectivity index (χ1v) is 8.18. The van der Waals surface area contributed by atoms with Gasteiger partial charge in [-0.05, 0) is 56.6 Å². The maximum absolute atomic E-state index is 12.8. The van der Waals surface area contributed by atoms with Crippen LogP contribution in [0.1, 0.15) is 26.2 Å². The number of ether oxygens (including phenoxy) is 1. The minimum Gasteiger partial charge on any atom is -0.491 e. The molecule has 0 spiro atoms. The number of likely N-dealkylation sites (tertiary alicyclic amines) is 1. The van der Waals surface area contributed by atoms with Gasteiger partial charge in [0.1, 0.15) is 24.3 Å². The topological polar surface area (TPSA) is 61.8 Å². The predicted octanol–water partition coefficient (Wildman–Crippen LogP) is 1.56. The number of hydrogen-bond donors (Lipinski definition) is 2. The van der Waals surface area contributed by atoms with Crippen molar-refractivity contribution in [1.29, 1.82) is 0 Å². The lowest BCUT2D eigenvalue weighted by Gasteiger charge is -2.23. The molecular weight excluding hydrogens is 299 g/mol. The minimum atomic E-state index is -0.801. The zero-order valence-corrected chi connectivity index (χ0v) is 13.5. The fourth-order valence-corrected chi connectivity index (χ4v) is 2.80. The summed E-state index contributed by atoms with van der Waals surface area (Å²) in [4.78, 5) is 14.4. The summed E-state index contributed by atoms with van der Waals surface area (Å²) in [5.74, 6) is 0.122. The van der Waals surface area contributed by atoms with Gasteiger partial charge >= 0.3 is 0 Å². The van der Waals surface area contributed by atoms with Gasteiger partial charge in [-0.25, -0.2) is 4.39 Å². The van der Waals surface area contributed by atoms with Crippen LogP contribution in [0.5, 0.6) is 5.75 Å². The summed E-state index contributed by atoms with van der Waals surface area (Å²) in [6.45, 7) is 4.19. The average Bonchev–Trinajstić information content (AvgIpc) is 3.01. The van der Waals surface area contributed by atoms with Crippen LogP contribution >= 0.6 is 0 Å². The highest BCUT2D eigenvalue weighted by Gasteiger charge is 2.29. The van der Waals surface area contributed by atoms with E-state index in [1.807, 2.05) is 0 Å². The number of nitrogens with one attached hydrogen (secondary N) is 1. The Morgan fingerprint density at radius 2 is 2.22 bits per heavy atom. The van der Waals surface area contributed by atoms with Gasteiger partial charge < -0.3 is 15.2 Å². The Bertz CT molecular complexity index is 495. The lowest BCUT2D eigenvalue weighted by molar-refractivity contribution is -0.126. The highest BCUT2D eigenvalue weighted by Crippen LogP contribution is 2.17. The van der Waals surface area contributed by atoms with Crippen molar-refractivity contribution in [2.24, 2.45) is 0 Å². The lowest BCUT2D eigenvalue weighted by atomic mass is 10.2. The van der Waals surface area contributed by atoms with Crippen LogP contribution in [0.25, 0.3) is 0 Å². The van der Waals surface area contributed by atoms with Gasteiger partial charge in [-0.3, -0.25) is 9.69 Å². The minimum absolute atomic E-state index is 0.0308. The fraction of sp³-hybridized carbons (Fsp3) is 0.588. The number of benzene rings is 1. The van der Waals surface area contributed by atoms with E-state index in [1.54, 1.807) is 0 Å². The van der Waals surface area contributed by atoms with Gasteiger partial charge in [0.25, 0.3) is 0 Å². The predicted molar refractivity (Wildman–Crippen MR) is 85.8 cm³/mol. The van der Waals surface area contributed by atoms with E-state index in [-0.39, 0.29) is 30.9 Å². The van der Waals surface area contributed by atoms with Gasteiger partial charge in [0, 0.05) is 6.54 Å². The number of nitrogens with zero attached hydrogens (tertiary/aromatic N) is 1. The summed E-state index contributed by atoms with van der Waals surface area (Å²) in [5, 5.41) is 12.7. The quantitative estimate of drug-likeness (QED) is 0.762. The Hall–Kier alpha value is -1.66. The van der Waals surface area contributed by atoms with Crippen molar-refractivity contribution in [2.45, 2.75) is 38.3 Å². The smallest absolute Gasteiger partial charge is 0.237 e. The van der Waals surface area contributed by atoms with Gasteiger partial charge in [0.05, 0.1) is 6.04 Å². The lowest BCUT2D eigenvalue weighted by Crippen LogP contribution is -2.46. The number of aliphatic hydroxyl groups excluding tert-OH is 1. The number of carbonyl (C=O) groups excluding carboxylic acids is 1. The van der Waals surface area contributed by atoms with Crippen molar-refractivity contribution in [1.82, 2.24) is 10.2 Å². The normalized spacial score (nSPS) is 19.5. The van der Waals surface area contributed by atoms with Crippen molar-refractivity contribution in [2.75, 3.05) is 26.2 Å². The van der Waals surface area contributed by atoms with Crippen molar-refractivity contribution in [3.05, 3.63) is 30.1 Å². The molecule has 1 heterocycles. The largest absolute Gasteiger partial charge is 0.491 e. The third-order valence-corrected chi connectivity index (χ3v) is 3.95. The monoisotopic (exact) mass is 324 g/mol. The molecule has 0 bridgehead atoms. The van der Waals surface area contributed by atoms with Crippen LogP contribution in [-0.4, -0.2) is 54.3 Å². The van der Waals surface area contributed by atoms with Crippen molar-refractivity contribution in [3.8, 4) is 5.75 Å². The Kier molecular flexibility index (Phi) is 6.80. The van der Waals surface area contributed by atoms with Crippen molar-refractivity contribution >= 4 is 5.91 Å². The first-order valence-electron chi connectivity index (χ1n) is 8.18. The highest BCUT2D eigenvalue weighted by molar-refractivity contribution is 5.82. The Morgan fingerprint density at radius 1 is 1.48 bits per heavy atom. The van der Waals surface area contributed by atoms with E-state index in [4.69, 9.17) is 4.74 Å². The zero-order valence-electron chi connectivity index (χ0n) is 13.5. The van der Waals surface area contributed by atoms with E-state index in [1.165, 1.54) is 24.3 Å². The van der Waals surface area contributed by atoms with Crippen LogP contribution in [0.2, 0.25) is 0 Å². The molecule has 2 N–H and O–H groups in total. The molecule has 1 amide bonds. The molecule has 1 fully saturated rings. The van der Waals surface area contributed by atoms with E-state index in [2.05, 4.69) is 17.1 Å². The molecule has 1 aromatic carbocycles. The third-order valence-electron chi connectivity index (χ3n) is 3.95. The molecule has 0 radical (unpaired) electrons. The number of halogens is 1.